The Morgan fingerprint density at radius 2 is 1.68 bits per heavy atom. The van der Waals surface area contributed by atoms with Crippen LogP contribution >= 0.6 is 0 Å². The minimum Gasteiger partial charge on any atom is -0.508 e. The van der Waals surface area contributed by atoms with E-state index in [9.17, 15) is 5.11 Å². The molecule has 3 aromatic rings. The van der Waals surface area contributed by atoms with Gasteiger partial charge in [0.1, 0.15) is 18.1 Å². The Morgan fingerprint density at radius 3 is 2.35 bits per heavy atom. The number of ether oxygens (including phenoxy) is 1. The van der Waals surface area contributed by atoms with Crippen molar-refractivity contribution in [3.8, 4) is 11.5 Å². The van der Waals surface area contributed by atoms with Gasteiger partial charge in [0.2, 0.25) is 0 Å². The van der Waals surface area contributed by atoms with Crippen LogP contribution in [0.3, 0.4) is 0 Å². The summed E-state index contributed by atoms with van der Waals surface area (Å²) in [6.07, 6.45) is 6.51. The lowest BCUT2D eigenvalue weighted by molar-refractivity contribution is 0.198. The summed E-state index contributed by atoms with van der Waals surface area (Å²) in [5, 5.41) is 9.57. The molecule has 1 N–H and O–H groups in total. The Labute approximate surface area is 185 Å². The number of aromatic hydroxyl groups is 1. The number of hydrogen-bond donors (Lipinski definition) is 1. The molecule has 1 fully saturated rings. The molecule has 1 aliphatic heterocycles. The molecular weight excluding hydrogens is 382 g/mol. The highest BCUT2D eigenvalue weighted by Crippen LogP contribution is 2.23. The van der Waals surface area contributed by atoms with Gasteiger partial charge in [-0.15, -0.1) is 0 Å². The topological polar surface area (TPSA) is 32.7 Å². The molecule has 3 aromatic carbocycles. The Balaban J connectivity index is 1.42. The zero-order chi connectivity index (χ0) is 21.5. The lowest BCUT2D eigenvalue weighted by Gasteiger charge is -2.19. The smallest absolute Gasteiger partial charge is 0.119 e. The summed E-state index contributed by atoms with van der Waals surface area (Å²) in [6, 6.07) is 27.0. The van der Waals surface area contributed by atoms with Crippen LogP contribution in [0.25, 0.3) is 5.57 Å². The van der Waals surface area contributed by atoms with Crippen molar-refractivity contribution < 1.29 is 9.84 Å². The third-order valence-corrected chi connectivity index (χ3v) is 6.10. The lowest BCUT2D eigenvalue weighted by Crippen LogP contribution is -2.30. The Bertz CT molecular complexity index is 978. The second-order valence-electron chi connectivity index (χ2n) is 8.37. The zero-order valence-corrected chi connectivity index (χ0v) is 18.2. The fraction of sp³-hybridized carbons (Fsp3) is 0.286. The van der Waals surface area contributed by atoms with Gasteiger partial charge in [0.25, 0.3) is 0 Å². The van der Waals surface area contributed by atoms with E-state index in [1.54, 1.807) is 12.1 Å². The van der Waals surface area contributed by atoms with Crippen LogP contribution in [0.5, 0.6) is 11.5 Å². The van der Waals surface area contributed by atoms with Crippen LogP contribution in [0, 0.1) is 0 Å². The highest BCUT2D eigenvalue weighted by atomic mass is 16.5. The fourth-order valence-electron chi connectivity index (χ4n) is 4.12. The van der Waals surface area contributed by atoms with E-state index in [1.165, 1.54) is 41.6 Å². The number of rotatable bonds is 8. The fourth-order valence-corrected chi connectivity index (χ4v) is 4.12. The predicted octanol–water partition coefficient (Wildman–Crippen LogP) is 5.73. The number of nitrogens with zero attached hydrogens (tertiary/aromatic N) is 1. The highest BCUT2D eigenvalue weighted by molar-refractivity contribution is 5.68. The summed E-state index contributed by atoms with van der Waals surface area (Å²) in [6.45, 7) is 1.94. The van der Waals surface area contributed by atoms with Crippen LogP contribution in [-0.2, 0) is 12.8 Å². The Hall–Kier alpha value is -3.04. The van der Waals surface area contributed by atoms with Crippen molar-refractivity contribution in [3.05, 3.63) is 102 Å². The van der Waals surface area contributed by atoms with Crippen LogP contribution in [0.15, 0.2) is 84.9 Å². The zero-order valence-electron chi connectivity index (χ0n) is 18.2. The molecule has 0 aromatic heterocycles. The van der Waals surface area contributed by atoms with Gasteiger partial charge in [0.05, 0.1) is 0 Å². The van der Waals surface area contributed by atoms with E-state index >= 15 is 0 Å². The molecule has 3 heteroatoms. The van der Waals surface area contributed by atoms with Crippen LogP contribution in [0.1, 0.15) is 29.5 Å². The molecule has 160 valence electrons. The minimum absolute atomic E-state index is 0.302. The first-order valence-corrected chi connectivity index (χ1v) is 11.1. The van der Waals surface area contributed by atoms with Crippen molar-refractivity contribution in [2.45, 2.75) is 31.7 Å². The van der Waals surface area contributed by atoms with Crippen molar-refractivity contribution in [3.63, 3.8) is 0 Å². The molecule has 31 heavy (non-hydrogen) atoms. The number of likely N-dealkylation sites (tertiary alicyclic amines) is 1. The number of phenolic OH excluding ortho intramolecular Hbond substituents is 1. The first-order chi connectivity index (χ1) is 15.2. The quantitative estimate of drug-likeness (QED) is 0.512. The van der Waals surface area contributed by atoms with Gasteiger partial charge in [0.15, 0.2) is 0 Å². The van der Waals surface area contributed by atoms with Gasteiger partial charge < -0.3 is 14.7 Å². The molecule has 1 heterocycles. The summed E-state index contributed by atoms with van der Waals surface area (Å²) < 4.78 is 6.02. The largest absolute Gasteiger partial charge is 0.508 e. The number of phenols is 1. The van der Waals surface area contributed by atoms with E-state index in [4.69, 9.17) is 4.74 Å². The van der Waals surface area contributed by atoms with Gasteiger partial charge in [-0.2, -0.15) is 0 Å². The summed E-state index contributed by atoms with van der Waals surface area (Å²) in [5.41, 5.74) is 4.98. The SMILES string of the molecule is CN1CCCC1COc1ccc(CC=C(Cc2ccc(O)cc2)c2ccccc2)cc1. The first kappa shape index (κ1) is 21.2. The molecule has 0 aliphatic carbocycles. The number of allylic oxidation sites excluding steroid dienone is 2. The second-order valence-corrected chi connectivity index (χ2v) is 8.37. The van der Waals surface area contributed by atoms with Crippen LogP contribution in [0.2, 0.25) is 0 Å². The van der Waals surface area contributed by atoms with Gasteiger partial charge in [-0.1, -0.05) is 60.7 Å². The van der Waals surface area contributed by atoms with Crippen LogP contribution < -0.4 is 4.74 Å². The molecule has 1 unspecified atom stereocenters. The Kier molecular flexibility index (Phi) is 7.06. The summed E-state index contributed by atoms with van der Waals surface area (Å²) >= 11 is 0. The molecule has 3 nitrogen and oxygen atoms in total. The lowest BCUT2D eigenvalue weighted by atomic mass is 9.96. The van der Waals surface area contributed by atoms with Crippen LogP contribution in [0.4, 0.5) is 0 Å². The molecule has 1 saturated heterocycles. The third-order valence-electron chi connectivity index (χ3n) is 6.10. The van der Waals surface area contributed by atoms with Gasteiger partial charge in [0, 0.05) is 6.04 Å². The maximum absolute atomic E-state index is 9.57. The van der Waals surface area contributed by atoms with E-state index in [0.29, 0.717) is 11.8 Å². The van der Waals surface area contributed by atoms with Crippen LogP contribution in [-0.4, -0.2) is 36.2 Å². The summed E-state index contributed by atoms with van der Waals surface area (Å²) in [5.74, 6) is 1.25. The van der Waals surface area contributed by atoms with Crippen molar-refractivity contribution >= 4 is 5.57 Å². The van der Waals surface area contributed by atoms with E-state index in [2.05, 4.69) is 66.6 Å². The second kappa shape index (κ2) is 10.3. The number of hydrogen-bond acceptors (Lipinski definition) is 3. The molecule has 0 radical (unpaired) electrons. The molecule has 0 spiro atoms. The van der Waals surface area contributed by atoms with E-state index in [1.807, 2.05) is 18.2 Å². The predicted molar refractivity (Wildman–Crippen MR) is 128 cm³/mol. The highest BCUT2D eigenvalue weighted by Gasteiger charge is 2.21. The average Bonchev–Trinajstić information content (AvgIpc) is 3.22. The van der Waals surface area contributed by atoms with Crippen molar-refractivity contribution in [1.29, 1.82) is 0 Å². The van der Waals surface area contributed by atoms with Gasteiger partial charge in [-0.05, 0) is 85.8 Å². The monoisotopic (exact) mass is 413 g/mol. The number of benzene rings is 3. The maximum atomic E-state index is 9.57. The normalized spacial score (nSPS) is 17.1. The van der Waals surface area contributed by atoms with E-state index in [-0.39, 0.29) is 0 Å². The van der Waals surface area contributed by atoms with Crippen molar-refractivity contribution in [2.24, 2.45) is 0 Å². The van der Waals surface area contributed by atoms with Gasteiger partial charge >= 0.3 is 0 Å². The van der Waals surface area contributed by atoms with E-state index < -0.39 is 0 Å². The molecular formula is C28H31NO2. The minimum atomic E-state index is 0.302. The van der Waals surface area contributed by atoms with E-state index in [0.717, 1.165) is 25.2 Å². The van der Waals surface area contributed by atoms with Crippen molar-refractivity contribution in [2.75, 3.05) is 20.2 Å². The number of likely N-dealkylation sites (N-methyl/N-ethyl adjacent to an activating group) is 1. The van der Waals surface area contributed by atoms with Crippen molar-refractivity contribution in [1.82, 2.24) is 4.90 Å². The summed E-state index contributed by atoms with van der Waals surface area (Å²) in [7, 11) is 2.18. The summed E-state index contributed by atoms with van der Waals surface area (Å²) in [4.78, 5) is 2.39. The molecule has 0 amide bonds. The molecule has 0 bridgehead atoms. The average molecular weight is 414 g/mol. The van der Waals surface area contributed by atoms with Gasteiger partial charge in [-0.3, -0.25) is 0 Å². The molecule has 1 atom stereocenters. The standard InChI is InChI=1S/C28H31NO2/c1-29-19-5-8-26(29)21-31-28-17-12-22(13-18-28)9-14-25(24-6-3-2-4-7-24)20-23-10-15-27(30)16-11-23/h2-4,6-7,10-18,26,30H,5,8-9,19-21H2,1H3. The van der Waals surface area contributed by atoms with Gasteiger partial charge in [-0.25, -0.2) is 0 Å². The Morgan fingerprint density at radius 1 is 0.968 bits per heavy atom. The first-order valence-electron chi connectivity index (χ1n) is 11.1. The maximum Gasteiger partial charge on any atom is 0.119 e. The third kappa shape index (κ3) is 5.99. The molecule has 4 rings (SSSR count). The molecule has 1 aliphatic rings. The molecule has 0 saturated carbocycles.